The topological polar surface area (TPSA) is 51.8 Å². The number of fused-ring (bicyclic) bond motifs is 8. The van der Waals surface area contributed by atoms with Gasteiger partial charge in [-0.1, -0.05) is 170 Å². The van der Waals surface area contributed by atoms with Crippen LogP contribution in [0.2, 0.25) is 0 Å². The Morgan fingerprint density at radius 1 is 0.383 bits per heavy atom. The Morgan fingerprint density at radius 3 is 1.85 bits per heavy atom. The van der Waals surface area contributed by atoms with Crippen LogP contribution in [-0.2, 0) is 0 Å². The minimum Gasteiger partial charge on any atom is -0.454 e. The summed E-state index contributed by atoms with van der Waals surface area (Å²) in [7, 11) is 0. The summed E-state index contributed by atoms with van der Waals surface area (Å²) in [5.74, 6) is 0.647. The summed E-state index contributed by atoms with van der Waals surface area (Å²) in [6, 6.07) is 70.0. The van der Waals surface area contributed by atoms with Crippen molar-refractivity contribution in [2.24, 2.45) is 0 Å². The molecule has 0 unspecified atom stereocenters. The zero-order valence-electron chi connectivity index (χ0n) is 32.2. The lowest BCUT2D eigenvalue weighted by atomic mass is 9.94. The highest BCUT2D eigenvalue weighted by atomic mass is 32.1. The Hall–Kier alpha value is -7.73. The van der Waals surface area contributed by atoms with Crippen molar-refractivity contribution in [3.63, 3.8) is 0 Å². The van der Waals surface area contributed by atoms with Gasteiger partial charge in [0, 0.05) is 58.6 Å². The first-order chi connectivity index (χ1) is 29.7. The molecule has 60 heavy (non-hydrogen) atoms. The summed E-state index contributed by atoms with van der Waals surface area (Å²) in [5.41, 5.74) is 13.6. The minimum absolute atomic E-state index is 0.647. The van der Waals surface area contributed by atoms with E-state index >= 15 is 0 Å². The highest BCUT2D eigenvalue weighted by molar-refractivity contribution is 7.26. The number of hydrogen-bond donors (Lipinski definition) is 0. The van der Waals surface area contributed by atoms with E-state index in [1.54, 1.807) is 0 Å². The first kappa shape index (κ1) is 34.3. The van der Waals surface area contributed by atoms with Gasteiger partial charge in [0.05, 0.1) is 16.9 Å². The quantitative estimate of drug-likeness (QED) is 0.169. The molecule has 0 bridgehead atoms. The molecule has 12 rings (SSSR count). The summed E-state index contributed by atoms with van der Waals surface area (Å²) in [6.07, 6.45) is 0. The number of furan rings is 1. The molecule has 4 heterocycles. The second kappa shape index (κ2) is 14.0. The number of nitrogens with zero attached hydrogens (tertiary/aromatic N) is 3. The minimum atomic E-state index is 0.647. The van der Waals surface area contributed by atoms with Crippen molar-refractivity contribution in [1.29, 1.82) is 0 Å². The van der Waals surface area contributed by atoms with Crippen LogP contribution in [0.5, 0.6) is 0 Å². The van der Waals surface area contributed by atoms with Crippen molar-refractivity contribution in [3.05, 3.63) is 200 Å². The van der Waals surface area contributed by atoms with Crippen LogP contribution >= 0.6 is 11.3 Å². The van der Waals surface area contributed by atoms with Gasteiger partial charge in [0.25, 0.3) is 0 Å². The van der Waals surface area contributed by atoms with Gasteiger partial charge in [-0.2, -0.15) is 0 Å². The molecule has 0 saturated heterocycles. The fourth-order valence-corrected chi connectivity index (χ4v) is 9.89. The number of rotatable bonds is 6. The molecule has 0 saturated carbocycles. The molecule has 0 aliphatic heterocycles. The second-order valence-electron chi connectivity index (χ2n) is 15.1. The normalized spacial score (nSPS) is 11.7. The van der Waals surface area contributed by atoms with E-state index in [4.69, 9.17) is 19.4 Å². The van der Waals surface area contributed by atoms with Crippen LogP contribution in [0.15, 0.2) is 205 Å². The smallest absolute Gasteiger partial charge is 0.162 e. The van der Waals surface area contributed by atoms with Gasteiger partial charge in [0.1, 0.15) is 11.3 Å². The fourth-order valence-electron chi connectivity index (χ4n) is 8.66. The standard InChI is InChI=1S/C55H33N3OS/c1-3-14-34(15-4-1)35-28-30-36(31-29-35)40-22-13-25-45-50(40)51-44-21-7-9-26-48(44)59-53(51)52(56-45)38-18-11-19-39(32-38)55-57-46(37-16-5-2-6-17-37)33-47(58-55)43-24-12-23-42-41-20-8-10-27-49(41)60-54(42)43/h1-33H. The number of hydrogen-bond acceptors (Lipinski definition) is 5. The van der Waals surface area contributed by atoms with E-state index in [0.29, 0.717) is 5.82 Å². The fraction of sp³-hybridized carbons (Fsp3) is 0. The molecule has 0 aliphatic carbocycles. The zero-order chi connectivity index (χ0) is 39.6. The molecular weight excluding hydrogens is 751 g/mol. The Morgan fingerprint density at radius 2 is 1.00 bits per heavy atom. The van der Waals surface area contributed by atoms with E-state index in [1.807, 2.05) is 35.6 Å². The molecule has 0 aliphatic rings. The molecule has 12 aromatic rings. The summed E-state index contributed by atoms with van der Waals surface area (Å²) in [5, 5.41) is 5.69. The second-order valence-corrected chi connectivity index (χ2v) is 16.1. The van der Waals surface area contributed by atoms with Crippen molar-refractivity contribution in [1.82, 2.24) is 15.0 Å². The molecule has 5 heteroatoms. The van der Waals surface area contributed by atoms with Gasteiger partial charge in [0.2, 0.25) is 0 Å². The van der Waals surface area contributed by atoms with Crippen LogP contribution < -0.4 is 0 Å². The molecule has 0 N–H and O–H groups in total. The van der Waals surface area contributed by atoms with Crippen molar-refractivity contribution < 1.29 is 4.42 Å². The molecule has 4 nitrogen and oxygen atoms in total. The number of para-hydroxylation sites is 1. The Balaban J connectivity index is 1.04. The van der Waals surface area contributed by atoms with Gasteiger partial charge >= 0.3 is 0 Å². The SMILES string of the molecule is c1ccc(-c2ccc(-c3cccc4nc(-c5cccc(-c6nc(-c7ccccc7)cc(-c7cccc8c7sc7ccccc78)n6)c5)c5oc6ccccc6c5c34)cc2)cc1. The lowest BCUT2D eigenvalue weighted by Gasteiger charge is -2.13. The maximum absolute atomic E-state index is 6.79. The first-order valence-corrected chi connectivity index (χ1v) is 20.9. The highest BCUT2D eigenvalue weighted by Gasteiger charge is 2.21. The predicted molar refractivity (Wildman–Crippen MR) is 250 cm³/mol. The van der Waals surface area contributed by atoms with Crippen molar-refractivity contribution in [3.8, 4) is 67.4 Å². The van der Waals surface area contributed by atoms with Crippen molar-refractivity contribution in [2.75, 3.05) is 0 Å². The average molecular weight is 784 g/mol. The van der Waals surface area contributed by atoms with Crippen LogP contribution in [0.4, 0.5) is 0 Å². The van der Waals surface area contributed by atoms with Gasteiger partial charge in [-0.25, -0.2) is 15.0 Å². The van der Waals surface area contributed by atoms with E-state index < -0.39 is 0 Å². The highest BCUT2D eigenvalue weighted by Crippen LogP contribution is 2.44. The molecule has 0 fully saturated rings. The lowest BCUT2D eigenvalue weighted by molar-refractivity contribution is 0.669. The molecule has 8 aromatic carbocycles. The van der Waals surface area contributed by atoms with Crippen LogP contribution in [0.25, 0.3) is 120 Å². The first-order valence-electron chi connectivity index (χ1n) is 20.1. The molecule has 280 valence electrons. The van der Waals surface area contributed by atoms with Gasteiger partial charge in [-0.3, -0.25) is 0 Å². The third-order valence-electron chi connectivity index (χ3n) is 11.5. The van der Waals surface area contributed by atoms with Gasteiger partial charge in [-0.15, -0.1) is 11.3 Å². The van der Waals surface area contributed by atoms with Crippen molar-refractivity contribution >= 4 is 64.4 Å². The largest absolute Gasteiger partial charge is 0.454 e. The molecular formula is C55H33N3OS. The monoisotopic (exact) mass is 783 g/mol. The Bertz CT molecular complexity index is 3590. The number of aromatic nitrogens is 3. The van der Waals surface area contributed by atoms with Crippen LogP contribution in [0.1, 0.15) is 0 Å². The molecule has 0 amide bonds. The molecule has 4 aromatic heterocycles. The van der Waals surface area contributed by atoms with E-state index in [1.165, 1.54) is 31.3 Å². The third-order valence-corrected chi connectivity index (χ3v) is 12.7. The number of benzene rings is 8. The Labute approximate surface area is 349 Å². The predicted octanol–water partition coefficient (Wildman–Crippen LogP) is 15.3. The van der Waals surface area contributed by atoms with Gasteiger partial charge in [-0.05, 0) is 52.6 Å². The molecule has 0 radical (unpaired) electrons. The summed E-state index contributed by atoms with van der Waals surface area (Å²) < 4.78 is 9.27. The average Bonchev–Trinajstić information content (AvgIpc) is 3.91. The maximum atomic E-state index is 6.79. The third kappa shape index (κ3) is 5.70. The van der Waals surface area contributed by atoms with Crippen LogP contribution in [0.3, 0.4) is 0 Å². The molecule has 0 spiro atoms. The summed E-state index contributed by atoms with van der Waals surface area (Å²) in [6.45, 7) is 0. The van der Waals surface area contributed by atoms with Crippen LogP contribution in [0, 0.1) is 0 Å². The van der Waals surface area contributed by atoms with E-state index in [0.717, 1.165) is 83.3 Å². The van der Waals surface area contributed by atoms with E-state index in [-0.39, 0.29) is 0 Å². The van der Waals surface area contributed by atoms with E-state index in [9.17, 15) is 0 Å². The van der Waals surface area contributed by atoms with Gasteiger partial charge < -0.3 is 4.42 Å². The van der Waals surface area contributed by atoms with E-state index in [2.05, 4.69) is 176 Å². The van der Waals surface area contributed by atoms with Crippen molar-refractivity contribution in [2.45, 2.75) is 0 Å². The number of thiophene rings is 1. The number of pyridine rings is 1. The molecule has 0 atom stereocenters. The summed E-state index contributed by atoms with van der Waals surface area (Å²) in [4.78, 5) is 16.0. The Kier molecular flexibility index (Phi) is 8.00. The maximum Gasteiger partial charge on any atom is 0.162 e. The van der Waals surface area contributed by atoms with Crippen LogP contribution in [-0.4, -0.2) is 15.0 Å². The summed E-state index contributed by atoms with van der Waals surface area (Å²) >= 11 is 1.81. The van der Waals surface area contributed by atoms with Gasteiger partial charge in [0.15, 0.2) is 11.4 Å². The zero-order valence-corrected chi connectivity index (χ0v) is 33.0. The lowest BCUT2D eigenvalue weighted by Crippen LogP contribution is -1.96.